The molecule has 1 aromatic rings. The maximum absolute atomic E-state index is 12.2. The van der Waals surface area contributed by atoms with Crippen molar-refractivity contribution in [2.24, 2.45) is 5.92 Å². The first kappa shape index (κ1) is 19.4. The number of hydrogen-bond donors (Lipinski definition) is 0. The molecule has 1 saturated heterocycles. The highest BCUT2D eigenvalue weighted by Gasteiger charge is 2.50. The molecule has 1 aromatic carbocycles. The Bertz CT molecular complexity index is 626. The SMILES string of the molecule is CC(C)(C)[Si](C)(C)OCCC[C@H]1C[C@@H]1N1C(=O)OC[C@H]1c1ccccc1. The minimum Gasteiger partial charge on any atom is -0.447 e. The first-order valence-corrected chi connectivity index (χ1v) is 12.8. The fourth-order valence-electron chi connectivity index (χ4n) is 3.50. The third kappa shape index (κ3) is 4.15. The van der Waals surface area contributed by atoms with E-state index in [9.17, 15) is 4.79 Å². The number of carbonyl (C=O) groups is 1. The van der Waals surface area contributed by atoms with Gasteiger partial charge in [0.15, 0.2) is 8.32 Å². The molecule has 1 aliphatic carbocycles. The molecular formula is C21H33NO3Si. The van der Waals surface area contributed by atoms with Crippen LogP contribution in [0.3, 0.4) is 0 Å². The molecule has 1 heterocycles. The van der Waals surface area contributed by atoms with E-state index in [1.54, 1.807) is 0 Å². The van der Waals surface area contributed by atoms with Crippen molar-refractivity contribution in [1.82, 2.24) is 4.90 Å². The topological polar surface area (TPSA) is 38.8 Å². The van der Waals surface area contributed by atoms with Gasteiger partial charge in [0.1, 0.15) is 6.61 Å². The van der Waals surface area contributed by atoms with Gasteiger partial charge in [-0.15, -0.1) is 0 Å². The summed E-state index contributed by atoms with van der Waals surface area (Å²) in [4.78, 5) is 14.2. The summed E-state index contributed by atoms with van der Waals surface area (Å²) in [6.07, 6.45) is 3.15. The van der Waals surface area contributed by atoms with Gasteiger partial charge >= 0.3 is 6.09 Å². The van der Waals surface area contributed by atoms with Crippen molar-refractivity contribution in [2.75, 3.05) is 13.2 Å². The zero-order valence-corrected chi connectivity index (χ0v) is 17.8. The predicted octanol–water partition coefficient (Wildman–Crippen LogP) is 5.37. The molecule has 1 amide bonds. The molecule has 3 rings (SSSR count). The van der Waals surface area contributed by atoms with E-state index in [1.807, 2.05) is 23.1 Å². The van der Waals surface area contributed by atoms with Gasteiger partial charge in [0.25, 0.3) is 0 Å². The molecule has 1 aliphatic heterocycles. The Hall–Kier alpha value is -1.33. The summed E-state index contributed by atoms with van der Waals surface area (Å²) in [5, 5.41) is 0.261. The van der Waals surface area contributed by atoms with Crippen LogP contribution in [-0.2, 0) is 9.16 Å². The minimum absolute atomic E-state index is 0.0715. The largest absolute Gasteiger partial charge is 0.447 e. The van der Waals surface area contributed by atoms with Crippen molar-refractivity contribution in [3.8, 4) is 0 Å². The molecule has 0 spiro atoms. The van der Waals surface area contributed by atoms with Crippen LogP contribution in [0.5, 0.6) is 0 Å². The molecule has 3 atom stereocenters. The first-order chi connectivity index (χ1) is 12.2. The maximum atomic E-state index is 12.2. The van der Waals surface area contributed by atoms with Crippen molar-refractivity contribution in [1.29, 1.82) is 0 Å². The van der Waals surface area contributed by atoms with Gasteiger partial charge < -0.3 is 9.16 Å². The van der Waals surface area contributed by atoms with Crippen LogP contribution in [0.4, 0.5) is 4.79 Å². The summed E-state index contributed by atoms with van der Waals surface area (Å²) in [5.41, 5.74) is 1.17. The third-order valence-corrected chi connectivity index (χ3v) is 10.9. The molecule has 0 bridgehead atoms. The monoisotopic (exact) mass is 375 g/mol. The number of carbonyl (C=O) groups excluding carboxylic acids is 1. The quantitative estimate of drug-likeness (QED) is 0.475. The molecule has 2 fully saturated rings. The smallest absolute Gasteiger partial charge is 0.410 e. The van der Waals surface area contributed by atoms with Gasteiger partial charge in [-0.25, -0.2) is 4.79 Å². The highest BCUT2D eigenvalue weighted by atomic mass is 28.4. The van der Waals surface area contributed by atoms with Gasteiger partial charge in [0, 0.05) is 12.6 Å². The number of benzene rings is 1. The molecule has 0 radical (unpaired) electrons. The summed E-state index contributed by atoms with van der Waals surface area (Å²) in [5.74, 6) is 0.592. The number of rotatable bonds is 7. The zero-order chi connectivity index (χ0) is 18.9. The minimum atomic E-state index is -1.65. The number of nitrogens with zero attached hydrogens (tertiary/aromatic N) is 1. The molecule has 1 saturated carbocycles. The van der Waals surface area contributed by atoms with Crippen molar-refractivity contribution in [3.05, 3.63) is 35.9 Å². The highest BCUT2D eigenvalue weighted by molar-refractivity contribution is 6.74. The molecule has 0 aromatic heterocycles. The Kier molecular flexibility index (Phi) is 5.49. The Labute approximate surface area is 159 Å². The summed E-state index contributed by atoms with van der Waals surface area (Å²) in [6.45, 7) is 12.7. The second-order valence-electron chi connectivity index (χ2n) is 9.22. The average molecular weight is 376 g/mol. The third-order valence-electron chi connectivity index (χ3n) is 6.33. The Morgan fingerprint density at radius 1 is 1.23 bits per heavy atom. The molecule has 4 nitrogen and oxygen atoms in total. The van der Waals surface area contributed by atoms with E-state index in [2.05, 4.69) is 46.0 Å². The van der Waals surface area contributed by atoms with Crippen LogP contribution in [-0.4, -0.2) is 38.6 Å². The Morgan fingerprint density at radius 3 is 2.58 bits per heavy atom. The summed E-state index contributed by atoms with van der Waals surface area (Å²) in [7, 11) is -1.65. The molecule has 2 aliphatic rings. The van der Waals surface area contributed by atoms with Crippen molar-refractivity contribution >= 4 is 14.4 Å². The van der Waals surface area contributed by atoms with E-state index in [0.717, 1.165) is 25.9 Å². The van der Waals surface area contributed by atoms with Crippen molar-refractivity contribution in [2.45, 2.75) is 70.2 Å². The van der Waals surface area contributed by atoms with Crippen LogP contribution in [0.2, 0.25) is 18.1 Å². The normalized spacial score (nSPS) is 26.1. The lowest BCUT2D eigenvalue weighted by molar-refractivity contribution is 0.154. The van der Waals surface area contributed by atoms with E-state index < -0.39 is 8.32 Å². The maximum Gasteiger partial charge on any atom is 0.410 e. The Morgan fingerprint density at radius 2 is 1.92 bits per heavy atom. The van der Waals surface area contributed by atoms with Gasteiger partial charge in [-0.2, -0.15) is 0 Å². The van der Waals surface area contributed by atoms with Crippen LogP contribution >= 0.6 is 0 Å². The lowest BCUT2D eigenvalue weighted by Gasteiger charge is -2.36. The van der Waals surface area contributed by atoms with Crippen LogP contribution in [0.15, 0.2) is 30.3 Å². The Balaban J connectivity index is 1.48. The van der Waals surface area contributed by atoms with E-state index >= 15 is 0 Å². The standard InChI is InChI=1S/C21H33NO3Si/c1-21(2,3)26(4,5)25-13-9-12-17-14-18(17)22-19(15-24-20(22)23)16-10-7-6-8-11-16/h6-8,10-11,17-19H,9,12-15H2,1-5H3/t17-,18-,19-/m0/s1. The number of hydrogen-bond acceptors (Lipinski definition) is 3. The summed E-state index contributed by atoms with van der Waals surface area (Å²) in [6, 6.07) is 10.6. The van der Waals surface area contributed by atoms with Crippen LogP contribution in [0, 0.1) is 5.92 Å². The van der Waals surface area contributed by atoms with E-state index in [1.165, 1.54) is 5.56 Å². The molecular weight excluding hydrogens is 342 g/mol. The van der Waals surface area contributed by atoms with Gasteiger partial charge in [-0.1, -0.05) is 51.1 Å². The zero-order valence-electron chi connectivity index (χ0n) is 16.8. The molecule has 26 heavy (non-hydrogen) atoms. The van der Waals surface area contributed by atoms with Crippen LogP contribution in [0.1, 0.15) is 51.6 Å². The van der Waals surface area contributed by atoms with E-state index in [-0.39, 0.29) is 17.2 Å². The summed E-state index contributed by atoms with van der Waals surface area (Å²) < 4.78 is 11.6. The van der Waals surface area contributed by atoms with Gasteiger partial charge in [0.05, 0.1) is 6.04 Å². The molecule has 144 valence electrons. The highest BCUT2D eigenvalue weighted by Crippen LogP contribution is 2.45. The fourth-order valence-corrected chi connectivity index (χ4v) is 4.59. The lowest BCUT2D eigenvalue weighted by Crippen LogP contribution is -2.41. The first-order valence-electron chi connectivity index (χ1n) is 9.85. The second kappa shape index (κ2) is 7.35. The molecule has 5 heteroatoms. The average Bonchev–Trinajstić information content (AvgIpc) is 3.23. The number of ether oxygens (including phenoxy) is 1. The predicted molar refractivity (Wildman–Crippen MR) is 107 cm³/mol. The number of amides is 1. The van der Waals surface area contributed by atoms with Crippen LogP contribution < -0.4 is 0 Å². The fraction of sp³-hybridized carbons (Fsp3) is 0.667. The molecule has 0 unspecified atom stereocenters. The van der Waals surface area contributed by atoms with Crippen molar-refractivity contribution < 1.29 is 14.0 Å². The molecule has 0 N–H and O–H groups in total. The van der Waals surface area contributed by atoms with Gasteiger partial charge in [0.2, 0.25) is 0 Å². The number of cyclic esters (lactones) is 1. The van der Waals surface area contributed by atoms with E-state index in [4.69, 9.17) is 9.16 Å². The lowest BCUT2D eigenvalue weighted by atomic mass is 10.1. The van der Waals surface area contributed by atoms with Crippen molar-refractivity contribution in [3.63, 3.8) is 0 Å². The second-order valence-corrected chi connectivity index (χ2v) is 14.0. The summed E-state index contributed by atoms with van der Waals surface area (Å²) >= 11 is 0. The van der Waals surface area contributed by atoms with Gasteiger partial charge in [-0.3, -0.25) is 4.90 Å². The van der Waals surface area contributed by atoms with Crippen LogP contribution in [0.25, 0.3) is 0 Å². The van der Waals surface area contributed by atoms with Gasteiger partial charge in [-0.05, 0) is 48.9 Å². The van der Waals surface area contributed by atoms with E-state index in [0.29, 0.717) is 18.6 Å².